The SMILES string of the molecule is O=C1CCN(C(=O)OCc2ccccc2)C2CCCN12. The number of benzene rings is 1. The molecule has 2 aliphatic rings. The number of rotatable bonds is 2. The van der Waals surface area contributed by atoms with Crippen molar-refractivity contribution in [1.29, 1.82) is 0 Å². The molecule has 5 nitrogen and oxygen atoms in total. The molecule has 1 aromatic carbocycles. The maximum atomic E-state index is 12.2. The third-order valence-electron chi connectivity index (χ3n) is 3.91. The Hall–Kier alpha value is -2.04. The lowest BCUT2D eigenvalue weighted by Gasteiger charge is -2.38. The Morgan fingerprint density at radius 3 is 2.85 bits per heavy atom. The van der Waals surface area contributed by atoms with Gasteiger partial charge in [-0.05, 0) is 18.4 Å². The minimum atomic E-state index is -0.321. The fourth-order valence-electron chi connectivity index (χ4n) is 2.89. The molecule has 0 aromatic heterocycles. The molecule has 2 saturated heterocycles. The van der Waals surface area contributed by atoms with Gasteiger partial charge < -0.3 is 9.64 Å². The summed E-state index contributed by atoms with van der Waals surface area (Å²) in [6.45, 7) is 1.50. The molecule has 2 fully saturated rings. The average molecular weight is 274 g/mol. The van der Waals surface area contributed by atoms with Crippen LogP contribution in [0, 0.1) is 0 Å². The van der Waals surface area contributed by atoms with Crippen molar-refractivity contribution in [1.82, 2.24) is 9.80 Å². The van der Waals surface area contributed by atoms with Gasteiger partial charge in [0, 0.05) is 19.5 Å². The molecule has 0 bridgehead atoms. The van der Waals surface area contributed by atoms with Crippen LogP contribution in [0.2, 0.25) is 0 Å². The second-order valence-electron chi connectivity index (χ2n) is 5.19. The number of hydrogen-bond acceptors (Lipinski definition) is 3. The Bertz CT molecular complexity index is 503. The predicted octanol–water partition coefficient (Wildman–Crippen LogP) is 1.98. The summed E-state index contributed by atoms with van der Waals surface area (Å²) in [6.07, 6.45) is 1.79. The minimum absolute atomic E-state index is 0.0977. The summed E-state index contributed by atoms with van der Waals surface area (Å²) in [5, 5.41) is 0. The van der Waals surface area contributed by atoms with Gasteiger partial charge in [-0.3, -0.25) is 9.69 Å². The standard InChI is InChI=1S/C15H18N2O3/c18-14-8-10-17(13-7-4-9-16(13)14)15(19)20-11-12-5-2-1-3-6-12/h1-3,5-6,13H,4,7-11H2. The Balaban J connectivity index is 1.61. The summed E-state index contributed by atoms with van der Waals surface area (Å²) in [6, 6.07) is 9.62. The zero-order valence-electron chi connectivity index (χ0n) is 11.3. The van der Waals surface area contributed by atoms with Crippen LogP contribution in [0.15, 0.2) is 30.3 Å². The van der Waals surface area contributed by atoms with Crippen molar-refractivity contribution >= 4 is 12.0 Å². The van der Waals surface area contributed by atoms with E-state index in [1.54, 1.807) is 9.80 Å². The van der Waals surface area contributed by atoms with Gasteiger partial charge in [0.25, 0.3) is 0 Å². The fourth-order valence-corrected chi connectivity index (χ4v) is 2.89. The third kappa shape index (κ3) is 2.48. The zero-order valence-corrected chi connectivity index (χ0v) is 11.3. The minimum Gasteiger partial charge on any atom is -0.444 e. The largest absolute Gasteiger partial charge is 0.444 e. The van der Waals surface area contributed by atoms with Crippen LogP contribution in [0.4, 0.5) is 4.79 Å². The van der Waals surface area contributed by atoms with E-state index in [9.17, 15) is 9.59 Å². The van der Waals surface area contributed by atoms with Crippen molar-refractivity contribution in [3.05, 3.63) is 35.9 Å². The summed E-state index contributed by atoms with van der Waals surface area (Å²) >= 11 is 0. The maximum absolute atomic E-state index is 12.2. The molecule has 1 unspecified atom stereocenters. The normalized spacial score (nSPS) is 21.8. The first-order valence-corrected chi connectivity index (χ1v) is 7.02. The Morgan fingerprint density at radius 1 is 1.25 bits per heavy atom. The van der Waals surface area contributed by atoms with Crippen molar-refractivity contribution in [3.8, 4) is 0 Å². The van der Waals surface area contributed by atoms with Crippen molar-refractivity contribution in [2.75, 3.05) is 13.1 Å². The molecule has 2 amide bonds. The molecule has 2 aliphatic heterocycles. The highest BCUT2D eigenvalue weighted by atomic mass is 16.6. The Kier molecular flexibility index (Phi) is 3.58. The molecule has 1 atom stereocenters. The molecule has 106 valence electrons. The van der Waals surface area contributed by atoms with Crippen LogP contribution in [-0.4, -0.2) is 41.1 Å². The van der Waals surface area contributed by atoms with Gasteiger partial charge in [-0.15, -0.1) is 0 Å². The predicted molar refractivity (Wildman–Crippen MR) is 72.7 cm³/mol. The molecule has 0 saturated carbocycles. The van der Waals surface area contributed by atoms with Gasteiger partial charge in [-0.1, -0.05) is 30.3 Å². The summed E-state index contributed by atoms with van der Waals surface area (Å²) < 4.78 is 5.36. The van der Waals surface area contributed by atoms with Gasteiger partial charge >= 0.3 is 6.09 Å². The van der Waals surface area contributed by atoms with Crippen LogP contribution in [0.3, 0.4) is 0 Å². The van der Waals surface area contributed by atoms with Gasteiger partial charge in [0.15, 0.2) is 0 Å². The van der Waals surface area contributed by atoms with Crippen LogP contribution in [0.5, 0.6) is 0 Å². The van der Waals surface area contributed by atoms with Gasteiger partial charge in [0.2, 0.25) is 5.91 Å². The van der Waals surface area contributed by atoms with Crippen molar-refractivity contribution in [2.45, 2.75) is 32.0 Å². The lowest BCUT2D eigenvalue weighted by Crippen LogP contribution is -2.55. The van der Waals surface area contributed by atoms with Crippen molar-refractivity contribution in [3.63, 3.8) is 0 Å². The molecule has 1 aromatic rings. The number of carbonyl (C=O) groups excluding carboxylic acids is 2. The first kappa shape index (κ1) is 13.0. The monoisotopic (exact) mass is 274 g/mol. The zero-order chi connectivity index (χ0) is 13.9. The summed E-state index contributed by atoms with van der Waals surface area (Å²) in [4.78, 5) is 27.4. The smallest absolute Gasteiger partial charge is 0.411 e. The Morgan fingerprint density at radius 2 is 2.05 bits per heavy atom. The quantitative estimate of drug-likeness (QED) is 0.828. The number of hydrogen-bond donors (Lipinski definition) is 0. The third-order valence-corrected chi connectivity index (χ3v) is 3.91. The van der Waals surface area contributed by atoms with E-state index in [0.717, 1.165) is 24.9 Å². The van der Waals surface area contributed by atoms with Crippen LogP contribution in [0.25, 0.3) is 0 Å². The molecular formula is C15H18N2O3. The van der Waals surface area contributed by atoms with Gasteiger partial charge in [0.1, 0.15) is 12.8 Å². The highest BCUT2D eigenvalue weighted by Gasteiger charge is 2.40. The number of carbonyl (C=O) groups is 2. The van der Waals surface area contributed by atoms with Gasteiger partial charge in [-0.25, -0.2) is 4.79 Å². The molecule has 0 N–H and O–H groups in total. The molecular weight excluding hydrogens is 256 g/mol. The molecule has 5 heteroatoms. The first-order valence-electron chi connectivity index (χ1n) is 7.02. The number of nitrogens with zero attached hydrogens (tertiary/aromatic N) is 2. The molecule has 0 radical (unpaired) electrons. The van der Waals surface area contributed by atoms with Crippen molar-refractivity contribution < 1.29 is 14.3 Å². The lowest BCUT2D eigenvalue weighted by molar-refractivity contribution is -0.139. The van der Waals surface area contributed by atoms with E-state index in [2.05, 4.69) is 0 Å². The van der Waals surface area contributed by atoms with Gasteiger partial charge in [-0.2, -0.15) is 0 Å². The topological polar surface area (TPSA) is 49.9 Å². The number of ether oxygens (including phenoxy) is 1. The average Bonchev–Trinajstić information content (AvgIpc) is 2.96. The highest BCUT2D eigenvalue weighted by Crippen LogP contribution is 2.26. The van der Waals surface area contributed by atoms with E-state index in [1.807, 2.05) is 30.3 Å². The molecule has 0 aliphatic carbocycles. The second kappa shape index (κ2) is 5.53. The van der Waals surface area contributed by atoms with Crippen LogP contribution < -0.4 is 0 Å². The maximum Gasteiger partial charge on any atom is 0.411 e. The van der Waals surface area contributed by atoms with E-state index in [4.69, 9.17) is 4.74 Å². The van der Waals surface area contributed by atoms with Gasteiger partial charge in [0.05, 0.1) is 0 Å². The van der Waals surface area contributed by atoms with E-state index in [-0.39, 0.29) is 24.8 Å². The molecule has 20 heavy (non-hydrogen) atoms. The Labute approximate surface area is 118 Å². The summed E-state index contributed by atoms with van der Waals surface area (Å²) in [7, 11) is 0. The summed E-state index contributed by atoms with van der Waals surface area (Å²) in [5.74, 6) is 0.152. The second-order valence-corrected chi connectivity index (χ2v) is 5.19. The van der Waals surface area contributed by atoms with E-state index < -0.39 is 0 Å². The fraction of sp³-hybridized carbons (Fsp3) is 0.467. The van der Waals surface area contributed by atoms with Crippen LogP contribution in [0.1, 0.15) is 24.8 Å². The first-order chi connectivity index (χ1) is 9.75. The van der Waals surface area contributed by atoms with Crippen molar-refractivity contribution in [2.24, 2.45) is 0 Å². The van der Waals surface area contributed by atoms with E-state index >= 15 is 0 Å². The number of fused-ring (bicyclic) bond motifs is 1. The molecule has 2 heterocycles. The van der Waals surface area contributed by atoms with Crippen LogP contribution >= 0.6 is 0 Å². The van der Waals surface area contributed by atoms with E-state index in [1.165, 1.54) is 0 Å². The lowest BCUT2D eigenvalue weighted by atomic mass is 10.2. The van der Waals surface area contributed by atoms with Crippen LogP contribution in [-0.2, 0) is 16.1 Å². The highest BCUT2D eigenvalue weighted by molar-refractivity contribution is 5.80. The number of amides is 2. The molecule has 0 spiro atoms. The summed E-state index contributed by atoms with van der Waals surface area (Å²) in [5.41, 5.74) is 0.970. The molecule has 3 rings (SSSR count). The van der Waals surface area contributed by atoms with E-state index in [0.29, 0.717) is 13.0 Å².